The Morgan fingerprint density at radius 2 is 2.15 bits per heavy atom. The summed E-state index contributed by atoms with van der Waals surface area (Å²) in [5, 5.41) is 0.583. The van der Waals surface area contributed by atoms with E-state index in [1.807, 2.05) is 35.2 Å². The van der Waals surface area contributed by atoms with Crippen molar-refractivity contribution in [1.82, 2.24) is 0 Å². The number of nitrogen functional groups attached to an aromatic ring is 1. The van der Waals surface area contributed by atoms with Crippen LogP contribution in [0.1, 0.15) is 5.56 Å². The van der Waals surface area contributed by atoms with Gasteiger partial charge in [-0.1, -0.05) is 23.7 Å². The second kappa shape index (κ2) is 5.06. The molecule has 1 aliphatic heterocycles. The molecule has 0 bridgehead atoms. The van der Waals surface area contributed by atoms with E-state index in [0.29, 0.717) is 23.0 Å². The van der Waals surface area contributed by atoms with E-state index in [9.17, 15) is 4.79 Å². The molecule has 1 heterocycles. The highest BCUT2D eigenvalue weighted by molar-refractivity contribution is 6.30. The predicted octanol–water partition coefficient (Wildman–Crippen LogP) is 2.85. The molecule has 0 amide bonds. The first-order valence-electron chi connectivity index (χ1n) is 6.20. The van der Waals surface area contributed by atoms with E-state index in [4.69, 9.17) is 22.1 Å². The van der Waals surface area contributed by atoms with Crippen LogP contribution in [0.25, 0.3) is 0 Å². The van der Waals surface area contributed by atoms with Gasteiger partial charge in [-0.2, -0.15) is 0 Å². The fraction of sp³-hybridized carbons (Fsp3) is 0.133. The minimum atomic E-state index is -0.634. The van der Waals surface area contributed by atoms with Crippen LogP contribution < -0.4 is 15.4 Å². The number of aldehydes is 1. The minimum Gasteiger partial charge on any atom is -0.461 e. The Morgan fingerprint density at radius 1 is 1.30 bits per heavy atom. The average molecular weight is 289 g/mol. The molecule has 2 aromatic carbocycles. The van der Waals surface area contributed by atoms with Crippen molar-refractivity contribution in [2.45, 2.75) is 12.8 Å². The maximum Gasteiger partial charge on any atom is 0.229 e. The van der Waals surface area contributed by atoms with Crippen molar-refractivity contribution in [2.75, 3.05) is 10.6 Å². The quantitative estimate of drug-likeness (QED) is 0.697. The number of nitrogens with zero attached hydrogens (tertiary/aromatic N) is 1. The minimum absolute atomic E-state index is 0.545. The van der Waals surface area contributed by atoms with Crippen LogP contribution in [0.5, 0.6) is 5.75 Å². The predicted molar refractivity (Wildman–Crippen MR) is 79.0 cm³/mol. The van der Waals surface area contributed by atoms with E-state index in [2.05, 4.69) is 0 Å². The number of anilines is 2. The van der Waals surface area contributed by atoms with Crippen LogP contribution >= 0.6 is 11.6 Å². The van der Waals surface area contributed by atoms with E-state index < -0.39 is 6.23 Å². The molecule has 0 aromatic heterocycles. The molecule has 2 N–H and O–H groups in total. The van der Waals surface area contributed by atoms with Crippen LogP contribution in [0.3, 0.4) is 0 Å². The lowest BCUT2D eigenvalue weighted by molar-refractivity contribution is -0.113. The molecule has 0 saturated carbocycles. The molecule has 2 aromatic rings. The molecule has 20 heavy (non-hydrogen) atoms. The highest BCUT2D eigenvalue weighted by Crippen LogP contribution is 2.39. The van der Waals surface area contributed by atoms with Gasteiger partial charge in [0.15, 0.2) is 6.29 Å². The Morgan fingerprint density at radius 3 is 2.90 bits per heavy atom. The monoisotopic (exact) mass is 288 g/mol. The largest absolute Gasteiger partial charge is 0.461 e. The fourth-order valence-corrected chi connectivity index (χ4v) is 2.48. The van der Waals surface area contributed by atoms with E-state index in [-0.39, 0.29) is 0 Å². The first kappa shape index (κ1) is 12.8. The summed E-state index contributed by atoms with van der Waals surface area (Å²) < 4.78 is 5.59. The third-order valence-corrected chi connectivity index (χ3v) is 3.44. The molecule has 102 valence electrons. The Labute approximate surface area is 121 Å². The maximum atomic E-state index is 11.2. The molecule has 1 atom stereocenters. The summed E-state index contributed by atoms with van der Waals surface area (Å²) in [5.74, 6) is 0.624. The Balaban J connectivity index is 1.93. The lowest BCUT2D eigenvalue weighted by Gasteiger charge is -2.21. The number of rotatable bonds is 3. The molecule has 0 aliphatic carbocycles. The number of hydrogen-bond acceptors (Lipinski definition) is 4. The highest BCUT2D eigenvalue weighted by atomic mass is 35.5. The first-order valence-corrected chi connectivity index (χ1v) is 6.58. The number of hydrogen-bond donors (Lipinski definition) is 1. The highest BCUT2D eigenvalue weighted by Gasteiger charge is 2.30. The van der Waals surface area contributed by atoms with Gasteiger partial charge in [-0.3, -0.25) is 4.79 Å². The standard InChI is InChI=1S/C15H13ClN2O2/c16-11-4-5-13-14(7-11)20-15(9-19)18(13)8-10-2-1-3-12(17)6-10/h1-7,9,15H,8,17H2. The Kier molecular flexibility index (Phi) is 3.24. The number of ether oxygens (including phenoxy) is 1. The molecule has 0 spiro atoms. The summed E-state index contributed by atoms with van der Waals surface area (Å²) in [5.41, 5.74) is 8.35. The molecule has 0 fully saturated rings. The second-order valence-corrected chi connectivity index (χ2v) is 5.07. The summed E-state index contributed by atoms with van der Waals surface area (Å²) in [6.45, 7) is 0.545. The number of carbonyl (C=O) groups excluding carboxylic acids is 1. The lowest BCUT2D eigenvalue weighted by atomic mass is 10.1. The number of halogens is 1. The van der Waals surface area contributed by atoms with E-state index in [1.54, 1.807) is 12.1 Å². The Hall–Kier alpha value is -2.20. The lowest BCUT2D eigenvalue weighted by Crippen LogP contribution is -2.35. The van der Waals surface area contributed by atoms with Crippen molar-refractivity contribution in [1.29, 1.82) is 0 Å². The number of benzene rings is 2. The van der Waals surface area contributed by atoms with E-state index in [1.165, 1.54) is 0 Å². The van der Waals surface area contributed by atoms with Gasteiger partial charge >= 0.3 is 0 Å². The molecule has 1 aliphatic rings. The van der Waals surface area contributed by atoms with Crippen LogP contribution in [-0.2, 0) is 11.3 Å². The molecular formula is C15H13ClN2O2. The van der Waals surface area contributed by atoms with Gasteiger partial charge in [0.25, 0.3) is 0 Å². The van der Waals surface area contributed by atoms with Crippen molar-refractivity contribution in [3.63, 3.8) is 0 Å². The van der Waals surface area contributed by atoms with Gasteiger partial charge in [-0.15, -0.1) is 0 Å². The molecule has 5 heteroatoms. The summed E-state index contributed by atoms with van der Waals surface area (Å²) in [6, 6.07) is 12.9. The molecule has 3 rings (SSSR count). The molecular weight excluding hydrogens is 276 g/mol. The van der Waals surface area contributed by atoms with Crippen molar-refractivity contribution in [2.24, 2.45) is 0 Å². The van der Waals surface area contributed by atoms with Gasteiger partial charge in [0.05, 0.1) is 5.69 Å². The smallest absolute Gasteiger partial charge is 0.229 e. The normalized spacial score (nSPS) is 16.6. The van der Waals surface area contributed by atoms with Gasteiger partial charge in [0.2, 0.25) is 6.23 Å². The number of nitrogens with two attached hydrogens (primary N) is 1. The van der Waals surface area contributed by atoms with Crippen LogP contribution in [0.2, 0.25) is 5.02 Å². The summed E-state index contributed by atoms with van der Waals surface area (Å²) in [7, 11) is 0. The summed E-state index contributed by atoms with van der Waals surface area (Å²) >= 11 is 5.94. The first-order chi connectivity index (χ1) is 9.67. The summed E-state index contributed by atoms with van der Waals surface area (Å²) in [4.78, 5) is 13.1. The summed E-state index contributed by atoms with van der Waals surface area (Å²) in [6.07, 6.45) is 0.144. The molecule has 0 radical (unpaired) electrons. The third-order valence-electron chi connectivity index (χ3n) is 3.21. The second-order valence-electron chi connectivity index (χ2n) is 4.63. The molecule has 4 nitrogen and oxygen atoms in total. The SMILES string of the molecule is Nc1cccc(CN2c3ccc(Cl)cc3OC2C=O)c1. The van der Waals surface area contributed by atoms with Crippen LogP contribution in [0.15, 0.2) is 42.5 Å². The van der Waals surface area contributed by atoms with Gasteiger partial charge in [0.1, 0.15) is 5.75 Å². The average Bonchev–Trinajstić information content (AvgIpc) is 2.76. The zero-order valence-electron chi connectivity index (χ0n) is 10.6. The maximum absolute atomic E-state index is 11.2. The number of fused-ring (bicyclic) bond motifs is 1. The third kappa shape index (κ3) is 2.30. The van der Waals surface area contributed by atoms with Crippen LogP contribution in [0, 0.1) is 0 Å². The van der Waals surface area contributed by atoms with Gasteiger partial charge < -0.3 is 15.4 Å². The van der Waals surface area contributed by atoms with Crippen molar-refractivity contribution < 1.29 is 9.53 Å². The van der Waals surface area contributed by atoms with E-state index >= 15 is 0 Å². The van der Waals surface area contributed by atoms with Gasteiger partial charge in [-0.05, 0) is 29.8 Å². The van der Waals surface area contributed by atoms with Crippen molar-refractivity contribution in [3.05, 3.63) is 53.1 Å². The van der Waals surface area contributed by atoms with Gasteiger partial charge in [-0.25, -0.2) is 0 Å². The van der Waals surface area contributed by atoms with Gasteiger partial charge in [0, 0.05) is 23.3 Å². The van der Waals surface area contributed by atoms with Crippen LogP contribution in [-0.4, -0.2) is 12.5 Å². The molecule has 1 unspecified atom stereocenters. The zero-order valence-corrected chi connectivity index (χ0v) is 11.4. The molecule has 0 saturated heterocycles. The number of carbonyl (C=O) groups is 1. The van der Waals surface area contributed by atoms with Crippen molar-refractivity contribution in [3.8, 4) is 5.75 Å². The zero-order chi connectivity index (χ0) is 14.1. The van der Waals surface area contributed by atoms with E-state index in [0.717, 1.165) is 17.5 Å². The fourth-order valence-electron chi connectivity index (χ4n) is 2.31. The van der Waals surface area contributed by atoms with Crippen molar-refractivity contribution >= 4 is 29.3 Å². The van der Waals surface area contributed by atoms with Crippen LogP contribution in [0.4, 0.5) is 11.4 Å². The topological polar surface area (TPSA) is 55.6 Å². The Bertz CT molecular complexity index is 660.